The molecule has 1 amide bonds. The molecule has 2 N–H and O–H groups in total. The molecule has 0 fully saturated rings. The Balaban J connectivity index is 4.10. The van der Waals surface area contributed by atoms with Crippen LogP contribution in [0.25, 0.3) is 0 Å². The number of hydrogen-bond donors (Lipinski definition) is 2. The first-order chi connectivity index (χ1) is 13.8. The molecule has 0 atom stereocenters. The number of allylic oxidation sites excluding steroid dienone is 3. The zero-order valence-electron chi connectivity index (χ0n) is 18.7. The summed E-state index contributed by atoms with van der Waals surface area (Å²) in [5, 5.41) is 11.8. The van der Waals surface area contributed by atoms with Crippen LogP contribution in [-0.4, -0.2) is 49.6 Å². The van der Waals surface area contributed by atoms with E-state index in [9.17, 15) is 4.79 Å². The number of carbonyl (C=O) groups excluding carboxylic acids is 1. The first kappa shape index (κ1) is 27.6. The molecule has 0 radical (unpaired) electrons. The number of aliphatic hydroxyl groups excluding tert-OH is 1. The van der Waals surface area contributed by atoms with Gasteiger partial charge in [0, 0.05) is 39.4 Å². The fourth-order valence-corrected chi connectivity index (χ4v) is 3.15. The zero-order valence-corrected chi connectivity index (χ0v) is 18.7. The highest BCUT2D eigenvalue weighted by atomic mass is 16.5. The van der Waals surface area contributed by atoms with Gasteiger partial charge in [-0.3, -0.25) is 4.79 Å². The monoisotopic (exact) mass is 409 g/mol. The molecule has 0 aliphatic carbocycles. The molecule has 0 aromatic heterocycles. The molecule has 0 aliphatic heterocycles. The molecule has 0 heterocycles. The van der Waals surface area contributed by atoms with Crippen LogP contribution < -0.4 is 5.32 Å². The molecule has 0 saturated carbocycles. The molecule has 0 aliphatic rings. The van der Waals surface area contributed by atoms with Crippen molar-refractivity contribution in [3.05, 3.63) is 38.0 Å². The van der Waals surface area contributed by atoms with Crippen molar-refractivity contribution >= 4 is 5.91 Å². The molecule has 168 valence electrons. The van der Waals surface area contributed by atoms with Gasteiger partial charge in [0.25, 0.3) is 0 Å². The molecule has 0 unspecified atom stereocenters. The molecular formula is C24H43NO4. The number of ether oxygens (including phenoxy) is 2. The highest BCUT2D eigenvalue weighted by Gasteiger charge is 2.26. The molecule has 0 spiro atoms. The van der Waals surface area contributed by atoms with E-state index in [-0.39, 0.29) is 23.5 Å². The van der Waals surface area contributed by atoms with E-state index in [1.165, 1.54) is 0 Å². The quantitative estimate of drug-likeness (QED) is 0.228. The molecule has 29 heavy (non-hydrogen) atoms. The number of unbranched alkanes of at least 4 members (excludes halogenated alkanes) is 1. The van der Waals surface area contributed by atoms with E-state index in [0.717, 1.165) is 38.5 Å². The number of amides is 1. The van der Waals surface area contributed by atoms with E-state index in [4.69, 9.17) is 14.6 Å². The third-order valence-corrected chi connectivity index (χ3v) is 4.98. The Kier molecular flexibility index (Phi) is 15.6. The number of aliphatic hydroxyl groups is 1. The SMILES string of the molecule is C=CCC(CC=C)(CC=C)CNC(=O)CCCOC(C)(C)CCOCCCCO. The highest BCUT2D eigenvalue weighted by molar-refractivity contribution is 5.75. The van der Waals surface area contributed by atoms with Gasteiger partial charge in [-0.15, -0.1) is 19.7 Å². The Bertz CT molecular complexity index is 447. The number of nitrogens with one attached hydrogen (secondary N) is 1. The molecule has 0 bridgehead atoms. The number of carbonyl (C=O) groups is 1. The van der Waals surface area contributed by atoms with Crippen LogP contribution in [0.4, 0.5) is 0 Å². The minimum atomic E-state index is -0.277. The van der Waals surface area contributed by atoms with Crippen LogP contribution >= 0.6 is 0 Å². The summed E-state index contributed by atoms with van der Waals surface area (Å²) in [6, 6.07) is 0. The second-order valence-electron chi connectivity index (χ2n) is 8.26. The fourth-order valence-electron chi connectivity index (χ4n) is 3.15. The van der Waals surface area contributed by atoms with Crippen molar-refractivity contribution in [1.82, 2.24) is 5.32 Å². The van der Waals surface area contributed by atoms with E-state index in [0.29, 0.717) is 39.2 Å². The minimum absolute atomic E-state index is 0.0418. The number of hydrogen-bond acceptors (Lipinski definition) is 4. The van der Waals surface area contributed by atoms with Gasteiger partial charge in [-0.1, -0.05) is 18.2 Å². The van der Waals surface area contributed by atoms with Crippen LogP contribution in [0.3, 0.4) is 0 Å². The maximum absolute atomic E-state index is 12.2. The van der Waals surface area contributed by atoms with Crippen LogP contribution in [0.5, 0.6) is 0 Å². The summed E-state index contributed by atoms with van der Waals surface area (Å²) in [4.78, 5) is 12.2. The Morgan fingerprint density at radius 1 is 0.966 bits per heavy atom. The highest BCUT2D eigenvalue weighted by Crippen LogP contribution is 2.31. The summed E-state index contributed by atoms with van der Waals surface area (Å²) < 4.78 is 11.5. The summed E-state index contributed by atoms with van der Waals surface area (Å²) >= 11 is 0. The van der Waals surface area contributed by atoms with Gasteiger partial charge in [-0.25, -0.2) is 0 Å². The van der Waals surface area contributed by atoms with Gasteiger partial charge in [0.15, 0.2) is 0 Å². The van der Waals surface area contributed by atoms with E-state index >= 15 is 0 Å². The molecule has 0 rings (SSSR count). The molecule has 0 aromatic carbocycles. The summed E-state index contributed by atoms with van der Waals surface area (Å²) in [5.74, 6) is 0.0418. The average molecular weight is 410 g/mol. The summed E-state index contributed by atoms with van der Waals surface area (Å²) in [6.07, 6.45) is 11.7. The normalized spacial score (nSPS) is 11.8. The van der Waals surface area contributed by atoms with Gasteiger partial charge < -0.3 is 19.9 Å². The Morgan fingerprint density at radius 3 is 2.14 bits per heavy atom. The Morgan fingerprint density at radius 2 is 1.59 bits per heavy atom. The summed E-state index contributed by atoms with van der Waals surface area (Å²) in [7, 11) is 0. The first-order valence-electron chi connectivity index (χ1n) is 10.8. The van der Waals surface area contributed by atoms with Crippen molar-refractivity contribution in [2.24, 2.45) is 5.41 Å². The smallest absolute Gasteiger partial charge is 0.220 e. The fraction of sp³-hybridized carbons (Fsp3) is 0.708. The lowest BCUT2D eigenvalue weighted by Gasteiger charge is -2.31. The summed E-state index contributed by atoms with van der Waals surface area (Å²) in [5.41, 5.74) is -0.364. The van der Waals surface area contributed by atoms with Crippen molar-refractivity contribution in [1.29, 1.82) is 0 Å². The maximum Gasteiger partial charge on any atom is 0.220 e. The van der Waals surface area contributed by atoms with E-state index in [1.807, 2.05) is 32.1 Å². The van der Waals surface area contributed by atoms with Crippen LogP contribution in [0.1, 0.15) is 65.2 Å². The van der Waals surface area contributed by atoms with Crippen LogP contribution in [0.15, 0.2) is 38.0 Å². The average Bonchev–Trinajstić information content (AvgIpc) is 2.67. The zero-order chi connectivity index (χ0) is 22.0. The van der Waals surface area contributed by atoms with E-state index in [2.05, 4.69) is 25.1 Å². The molecule has 0 aromatic rings. The van der Waals surface area contributed by atoms with Crippen LogP contribution in [0.2, 0.25) is 0 Å². The third-order valence-electron chi connectivity index (χ3n) is 4.98. The van der Waals surface area contributed by atoms with Crippen LogP contribution in [-0.2, 0) is 14.3 Å². The predicted octanol–water partition coefficient (Wildman–Crippen LogP) is 4.57. The number of rotatable bonds is 20. The van der Waals surface area contributed by atoms with Crippen LogP contribution in [0, 0.1) is 5.41 Å². The second-order valence-corrected chi connectivity index (χ2v) is 8.26. The topological polar surface area (TPSA) is 67.8 Å². The molecule has 5 heteroatoms. The van der Waals surface area contributed by atoms with Crippen molar-refractivity contribution in [2.75, 3.05) is 33.0 Å². The van der Waals surface area contributed by atoms with Crippen molar-refractivity contribution in [2.45, 2.75) is 70.8 Å². The Hall–Kier alpha value is -1.43. The van der Waals surface area contributed by atoms with Gasteiger partial charge in [0.1, 0.15) is 0 Å². The van der Waals surface area contributed by atoms with Crippen molar-refractivity contribution in [3.8, 4) is 0 Å². The lowest BCUT2D eigenvalue weighted by atomic mass is 9.78. The molecule has 0 saturated heterocycles. The third kappa shape index (κ3) is 14.2. The van der Waals surface area contributed by atoms with Gasteiger partial charge in [-0.05, 0) is 64.2 Å². The molecule has 5 nitrogen and oxygen atoms in total. The first-order valence-corrected chi connectivity index (χ1v) is 10.8. The minimum Gasteiger partial charge on any atom is -0.396 e. The van der Waals surface area contributed by atoms with E-state index in [1.54, 1.807) is 0 Å². The van der Waals surface area contributed by atoms with E-state index < -0.39 is 0 Å². The molecular weight excluding hydrogens is 366 g/mol. The maximum atomic E-state index is 12.2. The van der Waals surface area contributed by atoms with Gasteiger partial charge in [-0.2, -0.15) is 0 Å². The Labute approximate surface area is 178 Å². The standard InChI is InChI=1S/C24H43NO4/c1-6-13-24(14-7-2,15-8-3)21-25-22(27)12-11-19-29-23(4,5)16-20-28-18-10-9-17-26/h6-8,26H,1-3,9-21H2,4-5H3,(H,25,27). The second kappa shape index (κ2) is 16.4. The van der Waals surface area contributed by atoms with Gasteiger partial charge in [0.2, 0.25) is 5.91 Å². The van der Waals surface area contributed by atoms with Crippen molar-refractivity contribution < 1.29 is 19.4 Å². The lowest BCUT2D eigenvalue weighted by molar-refractivity contribution is -0.122. The largest absolute Gasteiger partial charge is 0.396 e. The van der Waals surface area contributed by atoms with Crippen molar-refractivity contribution in [3.63, 3.8) is 0 Å². The van der Waals surface area contributed by atoms with Gasteiger partial charge in [0.05, 0.1) is 5.60 Å². The van der Waals surface area contributed by atoms with Gasteiger partial charge >= 0.3 is 0 Å². The lowest BCUT2D eigenvalue weighted by Crippen LogP contribution is -2.37. The summed E-state index contributed by atoms with van der Waals surface area (Å²) in [6.45, 7) is 18.3. The predicted molar refractivity (Wildman–Crippen MR) is 121 cm³/mol.